The molecule has 0 aliphatic heterocycles. The second-order valence-electron chi connectivity index (χ2n) is 5.69. The molecule has 2 aromatic rings. The van der Waals surface area contributed by atoms with E-state index in [2.05, 4.69) is 24.9 Å². The van der Waals surface area contributed by atoms with Gasteiger partial charge in [0.05, 0.1) is 6.10 Å². The van der Waals surface area contributed by atoms with Gasteiger partial charge in [-0.2, -0.15) is 0 Å². The highest BCUT2D eigenvalue weighted by Gasteiger charge is 2.50. The maximum atomic E-state index is 10.5. The lowest BCUT2D eigenvalue weighted by atomic mass is 9.96. The molecule has 1 N–H and O–H groups in total. The summed E-state index contributed by atoms with van der Waals surface area (Å²) >= 11 is 0. The highest BCUT2D eigenvalue weighted by Crippen LogP contribution is 2.58. The van der Waals surface area contributed by atoms with E-state index in [-0.39, 0.29) is 11.5 Å². The SMILES string of the molecule is CC1(C)CC1C(O)c1cccc2ccncc12. The van der Waals surface area contributed by atoms with Crippen LogP contribution in [0.3, 0.4) is 0 Å². The molecule has 0 radical (unpaired) electrons. The minimum Gasteiger partial charge on any atom is -0.388 e. The van der Waals surface area contributed by atoms with E-state index in [0.717, 1.165) is 22.8 Å². The van der Waals surface area contributed by atoms with Crippen molar-refractivity contribution in [3.8, 4) is 0 Å². The van der Waals surface area contributed by atoms with Gasteiger partial charge in [-0.25, -0.2) is 0 Å². The molecule has 0 spiro atoms. The molecular weight excluding hydrogens is 210 g/mol. The monoisotopic (exact) mass is 227 g/mol. The summed E-state index contributed by atoms with van der Waals surface area (Å²) in [5.41, 5.74) is 1.30. The normalized spacial score (nSPS) is 23.6. The second kappa shape index (κ2) is 3.54. The summed E-state index contributed by atoms with van der Waals surface area (Å²) in [5.74, 6) is 0.383. The van der Waals surface area contributed by atoms with Gasteiger partial charge in [-0.15, -0.1) is 0 Å². The first-order chi connectivity index (χ1) is 8.09. The zero-order valence-electron chi connectivity index (χ0n) is 10.2. The van der Waals surface area contributed by atoms with Gasteiger partial charge in [0.2, 0.25) is 0 Å². The lowest BCUT2D eigenvalue weighted by molar-refractivity contribution is 0.140. The summed E-state index contributed by atoms with van der Waals surface area (Å²) in [5, 5.41) is 12.7. The lowest BCUT2D eigenvalue weighted by Gasteiger charge is -2.15. The Morgan fingerprint density at radius 3 is 2.82 bits per heavy atom. The molecule has 1 aromatic carbocycles. The van der Waals surface area contributed by atoms with E-state index in [4.69, 9.17) is 0 Å². The third-order valence-electron chi connectivity index (χ3n) is 4.01. The summed E-state index contributed by atoms with van der Waals surface area (Å²) < 4.78 is 0. The molecule has 1 aromatic heterocycles. The first kappa shape index (κ1) is 10.7. The Kier molecular flexibility index (Phi) is 2.23. The zero-order chi connectivity index (χ0) is 12.0. The minimum atomic E-state index is -0.363. The summed E-state index contributed by atoms with van der Waals surface area (Å²) in [7, 11) is 0. The predicted molar refractivity (Wildman–Crippen MR) is 68.6 cm³/mol. The maximum Gasteiger partial charge on any atom is 0.0830 e. The van der Waals surface area contributed by atoms with Crippen LogP contribution in [0.4, 0.5) is 0 Å². The number of aromatic nitrogens is 1. The Hall–Kier alpha value is -1.41. The van der Waals surface area contributed by atoms with Crippen LogP contribution in [0.1, 0.15) is 31.9 Å². The van der Waals surface area contributed by atoms with E-state index in [0.29, 0.717) is 5.92 Å². The van der Waals surface area contributed by atoms with Crippen LogP contribution >= 0.6 is 0 Å². The van der Waals surface area contributed by atoms with Crippen LogP contribution in [-0.2, 0) is 0 Å². The summed E-state index contributed by atoms with van der Waals surface area (Å²) in [4.78, 5) is 4.16. The molecule has 1 heterocycles. The fourth-order valence-electron chi connectivity index (χ4n) is 2.66. The van der Waals surface area contributed by atoms with E-state index in [1.54, 1.807) is 6.20 Å². The van der Waals surface area contributed by atoms with Gasteiger partial charge in [0.25, 0.3) is 0 Å². The highest BCUT2D eigenvalue weighted by atomic mass is 16.3. The third-order valence-corrected chi connectivity index (χ3v) is 4.01. The number of rotatable bonds is 2. The number of fused-ring (bicyclic) bond motifs is 1. The van der Waals surface area contributed by atoms with Gasteiger partial charge >= 0.3 is 0 Å². The number of pyridine rings is 1. The molecule has 2 heteroatoms. The quantitative estimate of drug-likeness (QED) is 0.853. The molecule has 2 atom stereocenters. The van der Waals surface area contributed by atoms with Crippen molar-refractivity contribution in [3.05, 3.63) is 42.2 Å². The molecule has 0 saturated heterocycles. The van der Waals surface area contributed by atoms with Gasteiger partial charge in [0.15, 0.2) is 0 Å². The van der Waals surface area contributed by atoms with E-state index in [1.807, 2.05) is 24.4 Å². The molecular formula is C15H17NO. The van der Waals surface area contributed by atoms with E-state index >= 15 is 0 Å². The van der Waals surface area contributed by atoms with Crippen LogP contribution in [0.2, 0.25) is 0 Å². The maximum absolute atomic E-state index is 10.5. The number of aliphatic hydroxyl groups excluding tert-OH is 1. The Labute approximate surface area is 101 Å². The van der Waals surface area contributed by atoms with Crippen molar-refractivity contribution in [2.75, 3.05) is 0 Å². The largest absolute Gasteiger partial charge is 0.388 e. The van der Waals surface area contributed by atoms with Crippen molar-refractivity contribution in [2.45, 2.75) is 26.4 Å². The van der Waals surface area contributed by atoms with Crippen LogP contribution in [-0.4, -0.2) is 10.1 Å². The van der Waals surface area contributed by atoms with Gasteiger partial charge in [0.1, 0.15) is 0 Å². The Morgan fingerprint density at radius 1 is 1.35 bits per heavy atom. The van der Waals surface area contributed by atoms with Crippen molar-refractivity contribution in [1.82, 2.24) is 4.98 Å². The van der Waals surface area contributed by atoms with Gasteiger partial charge in [-0.05, 0) is 34.8 Å². The van der Waals surface area contributed by atoms with Crippen molar-refractivity contribution in [3.63, 3.8) is 0 Å². The van der Waals surface area contributed by atoms with Crippen molar-refractivity contribution in [1.29, 1.82) is 0 Å². The Morgan fingerprint density at radius 2 is 2.12 bits per heavy atom. The molecule has 1 saturated carbocycles. The Bertz CT molecular complexity index is 556. The molecule has 88 valence electrons. The first-order valence-electron chi connectivity index (χ1n) is 6.10. The first-order valence-corrected chi connectivity index (χ1v) is 6.10. The van der Waals surface area contributed by atoms with Crippen molar-refractivity contribution < 1.29 is 5.11 Å². The van der Waals surface area contributed by atoms with Gasteiger partial charge in [-0.1, -0.05) is 32.0 Å². The third kappa shape index (κ3) is 1.73. The van der Waals surface area contributed by atoms with E-state index in [9.17, 15) is 5.11 Å². The molecule has 1 fully saturated rings. The summed E-state index contributed by atoms with van der Waals surface area (Å²) in [6.07, 6.45) is 4.38. The van der Waals surface area contributed by atoms with Crippen molar-refractivity contribution >= 4 is 10.8 Å². The minimum absolute atomic E-state index is 0.282. The van der Waals surface area contributed by atoms with Gasteiger partial charge in [0, 0.05) is 17.8 Å². The number of aliphatic hydroxyl groups is 1. The number of benzene rings is 1. The van der Waals surface area contributed by atoms with Crippen LogP contribution in [0.5, 0.6) is 0 Å². The number of hydrogen-bond acceptors (Lipinski definition) is 2. The predicted octanol–water partition coefficient (Wildman–Crippen LogP) is 3.31. The molecule has 2 nitrogen and oxygen atoms in total. The van der Waals surface area contributed by atoms with Crippen molar-refractivity contribution in [2.24, 2.45) is 11.3 Å². The van der Waals surface area contributed by atoms with Gasteiger partial charge < -0.3 is 5.11 Å². The average Bonchev–Trinajstić information content (AvgIpc) is 2.97. The topological polar surface area (TPSA) is 33.1 Å². The molecule has 0 amide bonds. The van der Waals surface area contributed by atoms with E-state index < -0.39 is 0 Å². The summed E-state index contributed by atoms with van der Waals surface area (Å²) in [6.45, 7) is 4.43. The smallest absolute Gasteiger partial charge is 0.0830 e. The van der Waals surface area contributed by atoms with E-state index in [1.165, 1.54) is 0 Å². The fraction of sp³-hybridized carbons (Fsp3) is 0.400. The lowest BCUT2D eigenvalue weighted by Crippen LogP contribution is -2.05. The average molecular weight is 227 g/mol. The van der Waals surface area contributed by atoms with Crippen LogP contribution in [0.15, 0.2) is 36.7 Å². The Balaban J connectivity index is 2.06. The summed E-state index contributed by atoms with van der Waals surface area (Å²) in [6, 6.07) is 8.08. The molecule has 2 unspecified atom stereocenters. The molecule has 1 aliphatic carbocycles. The van der Waals surface area contributed by atoms with Gasteiger partial charge in [-0.3, -0.25) is 4.98 Å². The highest BCUT2D eigenvalue weighted by molar-refractivity contribution is 5.85. The second-order valence-corrected chi connectivity index (χ2v) is 5.69. The number of hydrogen-bond donors (Lipinski definition) is 1. The van der Waals surface area contributed by atoms with Crippen LogP contribution < -0.4 is 0 Å². The fourth-order valence-corrected chi connectivity index (χ4v) is 2.66. The zero-order valence-corrected chi connectivity index (χ0v) is 10.2. The van der Waals surface area contributed by atoms with Crippen LogP contribution in [0, 0.1) is 11.3 Å². The number of nitrogens with zero attached hydrogens (tertiary/aromatic N) is 1. The molecule has 1 aliphatic rings. The molecule has 0 bridgehead atoms. The molecule has 3 rings (SSSR count). The standard InChI is InChI=1S/C15H17NO/c1-15(2)8-13(15)14(17)11-5-3-4-10-6-7-16-9-12(10)11/h3-7,9,13-14,17H,8H2,1-2H3. The van der Waals surface area contributed by atoms with Crippen LogP contribution in [0.25, 0.3) is 10.8 Å². The molecule has 17 heavy (non-hydrogen) atoms.